The Hall–Kier alpha value is -2.29. The molecule has 0 heterocycles. The van der Waals surface area contributed by atoms with E-state index in [0.717, 1.165) is 17.8 Å². The Labute approximate surface area is 120 Å². The molecule has 0 bridgehead atoms. The quantitative estimate of drug-likeness (QED) is 0.875. The van der Waals surface area contributed by atoms with Crippen molar-refractivity contribution >= 4 is 11.6 Å². The molecular formula is C17H20N2O. The lowest BCUT2D eigenvalue weighted by Crippen LogP contribution is -2.19. The molecule has 0 radical (unpaired) electrons. The van der Waals surface area contributed by atoms with E-state index in [0.29, 0.717) is 6.42 Å². The first-order valence-corrected chi connectivity index (χ1v) is 6.77. The molecule has 3 heteroatoms. The van der Waals surface area contributed by atoms with Crippen molar-refractivity contribution < 1.29 is 4.79 Å². The van der Waals surface area contributed by atoms with Crippen molar-refractivity contribution in [3.05, 3.63) is 65.2 Å². The predicted molar refractivity (Wildman–Crippen MR) is 82.7 cm³/mol. The van der Waals surface area contributed by atoms with Crippen LogP contribution in [0.25, 0.3) is 0 Å². The first kappa shape index (κ1) is 14.1. The number of rotatable bonds is 5. The molecule has 0 spiro atoms. The number of hydrogen-bond donors (Lipinski definition) is 2. The molecule has 20 heavy (non-hydrogen) atoms. The van der Waals surface area contributed by atoms with Gasteiger partial charge in [-0.05, 0) is 35.7 Å². The van der Waals surface area contributed by atoms with Crippen LogP contribution in [0.5, 0.6) is 0 Å². The highest BCUT2D eigenvalue weighted by Crippen LogP contribution is 2.13. The summed E-state index contributed by atoms with van der Waals surface area (Å²) in [4.78, 5) is 11.3. The van der Waals surface area contributed by atoms with Crippen molar-refractivity contribution in [1.29, 1.82) is 0 Å². The second kappa shape index (κ2) is 6.75. The van der Waals surface area contributed by atoms with Crippen LogP contribution in [-0.4, -0.2) is 13.0 Å². The Bertz CT molecular complexity index is 576. The van der Waals surface area contributed by atoms with Crippen molar-refractivity contribution in [3.8, 4) is 0 Å². The van der Waals surface area contributed by atoms with Gasteiger partial charge in [0.1, 0.15) is 0 Å². The summed E-state index contributed by atoms with van der Waals surface area (Å²) >= 11 is 0. The number of amides is 1. The minimum absolute atomic E-state index is 0.0330. The second-order valence-electron chi connectivity index (χ2n) is 4.83. The Morgan fingerprint density at radius 2 is 1.75 bits per heavy atom. The van der Waals surface area contributed by atoms with Gasteiger partial charge in [-0.1, -0.05) is 36.4 Å². The lowest BCUT2D eigenvalue weighted by atomic mass is 10.1. The van der Waals surface area contributed by atoms with Crippen LogP contribution in [0.3, 0.4) is 0 Å². The third-order valence-corrected chi connectivity index (χ3v) is 3.34. The van der Waals surface area contributed by atoms with Gasteiger partial charge >= 0.3 is 0 Å². The fourth-order valence-corrected chi connectivity index (χ4v) is 2.02. The summed E-state index contributed by atoms with van der Waals surface area (Å²) < 4.78 is 0. The zero-order valence-electron chi connectivity index (χ0n) is 11.9. The van der Waals surface area contributed by atoms with E-state index in [1.165, 1.54) is 11.1 Å². The fraction of sp³-hybridized carbons (Fsp3) is 0.235. The summed E-state index contributed by atoms with van der Waals surface area (Å²) in [6.45, 7) is 2.92. The number of carbonyl (C=O) groups is 1. The molecule has 0 saturated heterocycles. The van der Waals surface area contributed by atoms with E-state index in [1.807, 2.05) is 30.3 Å². The van der Waals surface area contributed by atoms with Gasteiger partial charge in [-0.2, -0.15) is 0 Å². The number of carbonyl (C=O) groups excluding carboxylic acids is 1. The zero-order valence-corrected chi connectivity index (χ0v) is 11.9. The molecule has 2 rings (SSSR count). The Morgan fingerprint density at radius 1 is 1.05 bits per heavy atom. The first-order chi connectivity index (χ1) is 9.69. The number of nitrogens with one attached hydrogen (secondary N) is 2. The van der Waals surface area contributed by atoms with E-state index in [2.05, 4.69) is 35.8 Å². The van der Waals surface area contributed by atoms with Crippen LogP contribution in [0.15, 0.2) is 48.5 Å². The van der Waals surface area contributed by atoms with Crippen LogP contribution >= 0.6 is 0 Å². The van der Waals surface area contributed by atoms with Crippen molar-refractivity contribution in [1.82, 2.24) is 5.32 Å². The highest BCUT2D eigenvalue weighted by molar-refractivity contribution is 5.78. The molecule has 0 aliphatic heterocycles. The molecule has 3 nitrogen and oxygen atoms in total. The standard InChI is InChI=1S/C17H20N2O/c1-13-5-3-4-6-15(13)12-19-16-9-7-14(8-10-16)11-17(20)18-2/h3-10,19H,11-12H2,1-2H3,(H,18,20). The molecule has 0 atom stereocenters. The average molecular weight is 268 g/mol. The summed E-state index contributed by atoms with van der Waals surface area (Å²) in [5.41, 5.74) is 4.66. The van der Waals surface area contributed by atoms with Gasteiger partial charge in [0.05, 0.1) is 6.42 Å². The molecule has 104 valence electrons. The van der Waals surface area contributed by atoms with Gasteiger partial charge in [-0.3, -0.25) is 4.79 Å². The minimum Gasteiger partial charge on any atom is -0.381 e. The Kier molecular flexibility index (Phi) is 4.77. The molecule has 2 aromatic rings. The minimum atomic E-state index is 0.0330. The van der Waals surface area contributed by atoms with E-state index >= 15 is 0 Å². The van der Waals surface area contributed by atoms with Gasteiger partial charge < -0.3 is 10.6 Å². The lowest BCUT2D eigenvalue weighted by molar-refractivity contribution is -0.119. The molecule has 2 aromatic carbocycles. The predicted octanol–water partition coefficient (Wildman–Crippen LogP) is 2.90. The Balaban J connectivity index is 1.94. The van der Waals surface area contributed by atoms with Gasteiger partial charge in [0.15, 0.2) is 0 Å². The summed E-state index contributed by atoms with van der Waals surface area (Å²) in [7, 11) is 1.65. The van der Waals surface area contributed by atoms with E-state index in [1.54, 1.807) is 7.05 Å². The van der Waals surface area contributed by atoms with Crippen LogP contribution in [0.4, 0.5) is 5.69 Å². The third kappa shape index (κ3) is 3.85. The maximum Gasteiger partial charge on any atom is 0.224 e. The lowest BCUT2D eigenvalue weighted by Gasteiger charge is -2.09. The highest BCUT2D eigenvalue weighted by Gasteiger charge is 2.01. The number of aryl methyl sites for hydroxylation is 1. The van der Waals surface area contributed by atoms with Crippen LogP contribution in [-0.2, 0) is 17.8 Å². The van der Waals surface area contributed by atoms with Gasteiger partial charge in [-0.15, -0.1) is 0 Å². The molecular weight excluding hydrogens is 248 g/mol. The number of benzene rings is 2. The second-order valence-corrected chi connectivity index (χ2v) is 4.83. The smallest absolute Gasteiger partial charge is 0.224 e. The number of likely N-dealkylation sites (N-methyl/N-ethyl adjacent to an activating group) is 1. The molecule has 1 amide bonds. The molecule has 2 N–H and O–H groups in total. The van der Waals surface area contributed by atoms with E-state index < -0.39 is 0 Å². The summed E-state index contributed by atoms with van der Waals surface area (Å²) in [5.74, 6) is 0.0330. The highest BCUT2D eigenvalue weighted by atomic mass is 16.1. The van der Waals surface area contributed by atoms with Crippen LogP contribution in [0.1, 0.15) is 16.7 Å². The molecule has 0 aliphatic rings. The molecule has 0 saturated carbocycles. The molecule has 0 fully saturated rings. The van der Waals surface area contributed by atoms with Crippen molar-refractivity contribution in [3.63, 3.8) is 0 Å². The molecule has 0 aromatic heterocycles. The normalized spacial score (nSPS) is 10.1. The van der Waals surface area contributed by atoms with E-state index in [-0.39, 0.29) is 5.91 Å². The largest absolute Gasteiger partial charge is 0.381 e. The zero-order chi connectivity index (χ0) is 14.4. The third-order valence-electron chi connectivity index (χ3n) is 3.34. The van der Waals surface area contributed by atoms with Gasteiger partial charge in [0.25, 0.3) is 0 Å². The van der Waals surface area contributed by atoms with Gasteiger partial charge in [0, 0.05) is 19.3 Å². The fourth-order valence-electron chi connectivity index (χ4n) is 2.02. The SMILES string of the molecule is CNC(=O)Cc1ccc(NCc2ccccc2C)cc1. The van der Waals surface area contributed by atoms with E-state index in [4.69, 9.17) is 0 Å². The monoisotopic (exact) mass is 268 g/mol. The summed E-state index contributed by atoms with van der Waals surface area (Å²) in [5, 5.41) is 6.02. The topological polar surface area (TPSA) is 41.1 Å². The van der Waals surface area contributed by atoms with Crippen molar-refractivity contribution in [2.75, 3.05) is 12.4 Å². The van der Waals surface area contributed by atoms with Crippen LogP contribution in [0, 0.1) is 6.92 Å². The van der Waals surface area contributed by atoms with Crippen LogP contribution < -0.4 is 10.6 Å². The van der Waals surface area contributed by atoms with Crippen molar-refractivity contribution in [2.24, 2.45) is 0 Å². The number of anilines is 1. The average Bonchev–Trinajstić information content (AvgIpc) is 2.48. The van der Waals surface area contributed by atoms with Gasteiger partial charge in [0.2, 0.25) is 5.91 Å². The Morgan fingerprint density at radius 3 is 2.40 bits per heavy atom. The van der Waals surface area contributed by atoms with Crippen LogP contribution in [0.2, 0.25) is 0 Å². The number of hydrogen-bond acceptors (Lipinski definition) is 2. The summed E-state index contributed by atoms with van der Waals surface area (Å²) in [6.07, 6.45) is 0.425. The maximum absolute atomic E-state index is 11.3. The van der Waals surface area contributed by atoms with E-state index in [9.17, 15) is 4.79 Å². The molecule has 0 unspecified atom stereocenters. The maximum atomic E-state index is 11.3. The van der Waals surface area contributed by atoms with Gasteiger partial charge in [-0.25, -0.2) is 0 Å². The van der Waals surface area contributed by atoms with Crippen molar-refractivity contribution in [2.45, 2.75) is 19.9 Å². The molecule has 0 aliphatic carbocycles. The first-order valence-electron chi connectivity index (χ1n) is 6.77. The summed E-state index contributed by atoms with van der Waals surface area (Å²) in [6, 6.07) is 16.3.